The molecule has 0 aliphatic carbocycles. The number of halogens is 16. The zero-order valence-electron chi connectivity index (χ0n) is 13.2. The van der Waals surface area contributed by atoms with Crippen LogP contribution in [-0.4, -0.2) is 69.9 Å². The van der Waals surface area contributed by atoms with Crippen LogP contribution in [0.25, 0.3) is 0 Å². The van der Waals surface area contributed by atoms with Crippen LogP contribution >= 0.6 is 0 Å². The van der Waals surface area contributed by atoms with Gasteiger partial charge in [0.25, 0.3) is 0 Å². The molecule has 0 spiro atoms. The van der Waals surface area contributed by atoms with Crippen LogP contribution in [0.2, 0.25) is 0 Å². The molecule has 0 aromatic rings. The average Bonchev–Trinajstić information content (AvgIpc) is 3.24. The van der Waals surface area contributed by atoms with Crippen molar-refractivity contribution in [1.82, 2.24) is 0 Å². The van der Waals surface area contributed by atoms with E-state index >= 15 is 0 Å². The van der Waals surface area contributed by atoms with Crippen molar-refractivity contribution in [2.45, 2.75) is 59.7 Å². The van der Waals surface area contributed by atoms with E-state index in [1.54, 1.807) is 0 Å². The van der Waals surface area contributed by atoms with Crippen LogP contribution < -0.4 is 0 Å². The van der Waals surface area contributed by atoms with Gasteiger partial charge in [0.05, 0.1) is 0 Å². The molecule has 2 saturated heterocycles. The molecule has 4 atom stereocenters. The van der Waals surface area contributed by atoms with Gasteiger partial charge in [0.2, 0.25) is 0 Å². The van der Waals surface area contributed by atoms with E-state index in [9.17, 15) is 70.2 Å². The topological polar surface area (TPSA) is 74.8 Å². The highest BCUT2D eigenvalue weighted by molar-refractivity contribution is 5.18. The lowest BCUT2D eigenvalue weighted by atomic mass is 9.98. The zero-order valence-corrected chi connectivity index (χ0v) is 13.2. The molecule has 0 saturated carbocycles. The van der Waals surface area contributed by atoms with Crippen molar-refractivity contribution in [1.29, 1.82) is 0 Å². The molecule has 2 heterocycles. The highest BCUT2D eigenvalue weighted by atomic mass is 19.3. The SMILES string of the molecule is OC(F)(F)C(F)(F)C(F)(OC(F)(C(F)(F)C(O)(F)F)C1(F)OC1(F)F)C1(F)OC1(F)F. The fourth-order valence-corrected chi connectivity index (χ4v) is 2.05. The summed E-state index contributed by atoms with van der Waals surface area (Å²) in [6.45, 7) is 0. The minimum atomic E-state index is -7.80. The Bertz CT molecular complexity index is 701. The Hall–Kier alpha value is -1.32. The summed E-state index contributed by atoms with van der Waals surface area (Å²) in [6, 6.07) is 0. The van der Waals surface area contributed by atoms with Gasteiger partial charge in [-0.05, 0) is 0 Å². The quantitative estimate of drug-likeness (QED) is 0.391. The van der Waals surface area contributed by atoms with Crippen LogP contribution in [-0.2, 0) is 14.2 Å². The second kappa shape index (κ2) is 5.78. The van der Waals surface area contributed by atoms with E-state index in [0.29, 0.717) is 0 Å². The maximum Gasteiger partial charge on any atom is 0.424 e. The van der Waals surface area contributed by atoms with Gasteiger partial charge in [-0.2, -0.15) is 70.2 Å². The Morgan fingerprint density at radius 1 is 0.516 bits per heavy atom. The van der Waals surface area contributed by atoms with Gasteiger partial charge in [0.1, 0.15) is 0 Å². The molecular weight excluding hydrogens is 504 g/mol. The molecule has 31 heavy (non-hydrogen) atoms. The first-order valence-corrected chi connectivity index (χ1v) is 6.70. The first kappa shape index (κ1) is 25.9. The van der Waals surface area contributed by atoms with Crippen molar-refractivity contribution in [3.63, 3.8) is 0 Å². The van der Waals surface area contributed by atoms with Gasteiger partial charge in [-0.3, -0.25) is 14.2 Å². The summed E-state index contributed by atoms with van der Waals surface area (Å²) in [5.41, 5.74) is 0. The number of hydrogen-bond acceptors (Lipinski definition) is 5. The Kier molecular flexibility index (Phi) is 4.83. The molecule has 2 N–H and O–H groups in total. The van der Waals surface area contributed by atoms with Gasteiger partial charge in [-0.15, -0.1) is 0 Å². The van der Waals surface area contributed by atoms with Crippen LogP contribution in [0, 0.1) is 0 Å². The molecule has 4 unspecified atom stereocenters. The number of ether oxygens (including phenoxy) is 3. The second-order valence-electron chi connectivity index (χ2n) is 5.95. The Labute approximate surface area is 156 Å². The highest BCUT2D eigenvalue weighted by Gasteiger charge is 3.03. The van der Waals surface area contributed by atoms with E-state index in [-0.39, 0.29) is 0 Å². The van der Waals surface area contributed by atoms with E-state index in [1.807, 2.05) is 4.74 Å². The third-order valence-corrected chi connectivity index (χ3v) is 3.87. The molecule has 2 rings (SSSR count). The van der Waals surface area contributed by atoms with Gasteiger partial charge in [-0.1, -0.05) is 0 Å². The summed E-state index contributed by atoms with van der Waals surface area (Å²) in [5, 5.41) is 15.7. The fourth-order valence-electron chi connectivity index (χ4n) is 2.05. The summed E-state index contributed by atoms with van der Waals surface area (Å²) >= 11 is 0. The van der Waals surface area contributed by atoms with Crippen LogP contribution in [0.1, 0.15) is 0 Å². The van der Waals surface area contributed by atoms with E-state index in [4.69, 9.17) is 10.2 Å². The van der Waals surface area contributed by atoms with E-state index in [0.717, 1.165) is 0 Å². The number of rotatable bonds is 8. The van der Waals surface area contributed by atoms with E-state index in [1.165, 1.54) is 0 Å². The van der Waals surface area contributed by atoms with Gasteiger partial charge in [-0.25, -0.2) is 0 Å². The van der Waals surface area contributed by atoms with Crippen molar-refractivity contribution in [2.75, 3.05) is 0 Å². The number of epoxide rings is 2. The summed E-state index contributed by atoms with van der Waals surface area (Å²) in [7, 11) is 0. The standard InChI is InChI=1S/C10H2F16O5/c11-1(12,7(19,20)27)3(15,5(17)9(23,24)30-5)29-4(16,2(13,14)8(21,22)28)6(18)10(25,26)31-6/h27-28H. The minimum absolute atomic E-state index is 1.86. The smallest absolute Gasteiger partial charge is 0.331 e. The summed E-state index contributed by atoms with van der Waals surface area (Å²) < 4.78 is 218. The van der Waals surface area contributed by atoms with Gasteiger partial charge >= 0.3 is 59.7 Å². The van der Waals surface area contributed by atoms with Crippen molar-refractivity contribution >= 4 is 0 Å². The predicted molar refractivity (Wildman–Crippen MR) is 52.7 cm³/mol. The average molecular weight is 506 g/mol. The van der Waals surface area contributed by atoms with Crippen molar-refractivity contribution in [2.24, 2.45) is 0 Å². The normalized spacial score (nSPS) is 34.6. The molecule has 0 aromatic carbocycles. The Morgan fingerprint density at radius 2 is 0.710 bits per heavy atom. The maximum absolute atomic E-state index is 14.4. The van der Waals surface area contributed by atoms with Crippen LogP contribution in [0.5, 0.6) is 0 Å². The number of aliphatic hydroxyl groups is 2. The third kappa shape index (κ3) is 2.85. The van der Waals surface area contributed by atoms with Gasteiger partial charge < -0.3 is 10.2 Å². The second-order valence-corrected chi connectivity index (χ2v) is 5.95. The van der Waals surface area contributed by atoms with Gasteiger partial charge in [0.15, 0.2) is 0 Å². The van der Waals surface area contributed by atoms with E-state index < -0.39 is 59.7 Å². The molecule has 5 nitrogen and oxygen atoms in total. The predicted octanol–water partition coefficient (Wildman–Crippen LogP) is 3.35. The van der Waals surface area contributed by atoms with Gasteiger partial charge in [0, 0.05) is 0 Å². The minimum Gasteiger partial charge on any atom is -0.331 e. The largest absolute Gasteiger partial charge is 0.424 e. The molecule has 0 aromatic heterocycles. The first-order valence-electron chi connectivity index (χ1n) is 6.70. The molecule has 0 amide bonds. The molecule has 0 bridgehead atoms. The molecule has 184 valence electrons. The van der Waals surface area contributed by atoms with E-state index in [2.05, 4.69) is 9.47 Å². The van der Waals surface area contributed by atoms with Crippen molar-refractivity contribution < 1.29 is 94.7 Å². The molecular formula is C10H2F16O5. The Balaban J connectivity index is 2.81. The molecule has 21 heteroatoms. The summed E-state index contributed by atoms with van der Waals surface area (Å²) in [6.07, 6.45) is -26.9. The molecule has 2 aliphatic heterocycles. The molecule has 2 aliphatic rings. The third-order valence-electron chi connectivity index (χ3n) is 3.87. The molecule has 2 fully saturated rings. The van der Waals surface area contributed by atoms with Crippen molar-refractivity contribution in [3.8, 4) is 0 Å². The number of alkyl halides is 16. The van der Waals surface area contributed by atoms with Crippen LogP contribution in [0.15, 0.2) is 0 Å². The summed E-state index contributed by atoms with van der Waals surface area (Å²) in [4.78, 5) is 0. The summed E-state index contributed by atoms with van der Waals surface area (Å²) in [5.74, 6) is -44.2. The number of hydrogen-bond donors (Lipinski definition) is 2. The maximum atomic E-state index is 14.4. The monoisotopic (exact) mass is 506 g/mol. The van der Waals surface area contributed by atoms with Crippen LogP contribution in [0.3, 0.4) is 0 Å². The zero-order chi connectivity index (χ0) is 25.1. The molecule has 0 radical (unpaired) electrons. The lowest BCUT2D eigenvalue weighted by Crippen LogP contribution is -2.73. The van der Waals surface area contributed by atoms with Crippen molar-refractivity contribution in [3.05, 3.63) is 0 Å². The lowest BCUT2D eigenvalue weighted by molar-refractivity contribution is -0.506. The first-order chi connectivity index (χ1) is 13.1. The Morgan fingerprint density at radius 3 is 0.839 bits per heavy atom. The van der Waals surface area contributed by atoms with Crippen LogP contribution in [0.4, 0.5) is 70.2 Å². The lowest BCUT2D eigenvalue weighted by Gasteiger charge is -2.42. The fraction of sp³-hybridized carbons (Fsp3) is 1.00. The highest BCUT2D eigenvalue weighted by Crippen LogP contribution is 2.71.